The number of rotatable bonds is 10. The van der Waals surface area contributed by atoms with Crippen molar-refractivity contribution in [1.82, 2.24) is 0 Å². The summed E-state index contributed by atoms with van der Waals surface area (Å²) in [5.41, 5.74) is -1.71. The van der Waals surface area contributed by atoms with Gasteiger partial charge in [0.05, 0.1) is 19.3 Å². The van der Waals surface area contributed by atoms with Crippen LogP contribution in [-0.2, 0) is 28.5 Å². The van der Waals surface area contributed by atoms with Crippen molar-refractivity contribution in [3.05, 3.63) is 40.6 Å². The van der Waals surface area contributed by atoms with Crippen LogP contribution < -0.4 is 14.9 Å². The number of phenols is 3. The Labute approximate surface area is 320 Å². The lowest BCUT2D eigenvalue weighted by Gasteiger charge is -2.46. The quantitative estimate of drug-likeness (QED) is 0.0693. The van der Waals surface area contributed by atoms with E-state index in [4.69, 9.17) is 37.6 Å². The third-order valence-corrected chi connectivity index (χ3v) is 9.68. The molecule has 15 unspecified atom stereocenters. The van der Waals surface area contributed by atoms with Crippen LogP contribution >= 0.6 is 0 Å². The first-order valence-corrected chi connectivity index (χ1v) is 17.4. The van der Waals surface area contributed by atoms with Crippen LogP contribution in [0.4, 0.5) is 0 Å². The molecule has 1 aromatic heterocycles. The second kappa shape index (κ2) is 16.8. The summed E-state index contributed by atoms with van der Waals surface area (Å²) in [5.74, 6) is -4.68. The molecular formula is C35H42O22. The predicted octanol–water partition coefficient (Wildman–Crippen LogP) is -3.64. The minimum atomic E-state index is -2.07. The van der Waals surface area contributed by atoms with E-state index in [-0.39, 0.29) is 11.3 Å². The number of aliphatic hydroxyl groups excluding tert-OH is 9. The van der Waals surface area contributed by atoms with E-state index in [1.165, 1.54) is 13.0 Å². The maximum atomic E-state index is 14.3. The zero-order valence-corrected chi connectivity index (χ0v) is 29.9. The Balaban J connectivity index is 1.44. The Morgan fingerprint density at radius 2 is 1.32 bits per heavy atom. The van der Waals surface area contributed by atoms with Crippen LogP contribution in [0.2, 0.25) is 0 Å². The van der Waals surface area contributed by atoms with Gasteiger partial charge in [0.15, 0.2) is 35.8 Å². The highest BCUT2D eigenvalue weighted by Gasteiger charge is 2.53. The minimum absolute atomic E-state index is 0.150. The monoisotopic (exact) mass is 814 g/mol. The lowest BCUT2D eigenvalue weighted by Crippen LogP contribution is -2.65. The third kappa shape index (κ3) is 8.18. The summed E-state index contributed by atoms with van der Waals surface area (Å²) < 4.78 is 45.3. The molecule has 314 valence electrons. The highest BCUT2D eigenvalue weighted by Crippen LogP contribution is 2.41. The molecule has 6 rings (SSSR count). The van der Waals surface area contributed by atoms with Gasteiger partial charge in [-0.2, -0.15) is 0 Å². The van der Waals surface area contributed by atoms with E-state index in [2.05, 4.69) is 0 Å². The van der Waals surface area contributed by atoms with Gasteiger partial charge in [-0.05, 0) is 25.1 Å². The summed E-state index contributed by atoms with van der Waals surface area (Å²) in [6.07, 6.45) is -26.1. The zero-order chi connectivity index (χ0) is 41.6. The number of ether oxygens (including phenoxy) is 7. The minimum Gasteiger partial charge on any atom is -0.507 e. The number of hydrogen-bond donors (Lipinski definition) is 12. The Bertz CT molecular complexity index is 1970. The summed E-state index contributed by atoms with van der Waals surface area (Å²) in [5, 5.41) is 125. The van der Waals surface area contributed by atoms with Crippen molar-refractivity contribution in [2.75, 3.05) is 13.2 Å². The van der Waals surface area contributed by atoms with E-state index in [0.29, 0.717) is 0 Å². The molecule has 3 aliphatic heterocycles. The van der Waals surface area contributed by atoms with Gasteiger partial charge in [0.2, 0.25) is 23.8 Å². The Morgan fingerprint density at radius 3 is 1.93 bits per heavy atom. The predicted molar refractivity (Wildman–Crippen MR) is 182 cm³/mol. The smallest absolute Gasteiger partial charge is 0.303 e. The average Bonchev–Trinajstić information content (AvgIpc) is 3.16. The van der Waals surface area contributed by atoms with Crippen LogP contribution in [0.5, 0.6) is 28.7 Å². The van der Waals surface area contributed by atoms with E-state index in [9.17, 15) is 70.9 Å². The summed E-state index contributed by atoms with van der Waals surface area (Å²) in [6.45, 7) is 0.562. The lowest BCUT2D eigenvalue weighted by molar-refractivity contribution is -0.358. The first-order chi connectivity index (χ1) is 26.9. The van der Waals surface area contributed by atoms with Gasteiger partial charge in [-0.3, -0.25) is 9.59 Å². The van der Waals surface area contributed by atoms with Crippen LogP contribution in [0.15, 0.2) is 39.5 Å². The SMILES string of the molecule is CC(=O)OC1C(OC2C(Oc3c(-c4ccc(O)c(O)c4)oc4cc(OC5OC(C)C(O)C(O)C5O)cc(O)c4c3=O)OC(CO)C(O)C2O)OC(CO)C(O)C1O. The number of fused-ring (bicyclic) bond motifs is 1. The highest BCUT2D eigenvalue weighted by atomic mass is 16.8. The molecule has 3 saturated heterocycles. The molecule has 0 amide bonds. The van der Waals surface area contributed by atoms with Crippen molar-refractivity contribution in [2.24, 2.45) is 0 Å². The summed E-state index contributed by atoms with van der Waals surface area (Å²) >= 11 is 0. The number of esters is 1. The van der Waals surface area contributed by atoms with Crippen LogP contribution in [-0.4, -0.2) is 173 Å². The topological polar surface area (TPSA) is 355 Å². The third-order valence-electron chi connectivity index (χ3n) is 9.68. The second-order valence-electron chi connectivity index (χ2n) is 13.6. The van der Waals surface area contributed by atoms with E-state index >= 15 is 0 Å². The van der Waals surface area contributed by atoms with E-state index in [0.717, 1.165) is 31.2 Å². The molecule has 57 heavy (non-hydrogen) atoms. The molecule has 3 aromatic rings. The van der Waals surface area contributed by atoms with Gasteiger partial charge in [0.1, 0.15) is 77.4 Å². The molecule has 3 fully saturated rings. The first-order valence-electron chi connectivity index (χ1n) is 17.4. The summed E-state index contributed by atoms with van der Waals surface area (Å²) in [7, 11) is 0. The normalized spacial score (nSPS) is 35.8. The molecule has 0 spiro atoms. The van der Waals surface area contributed by atoms with Gasteiger partial charge in [-0.25, -0.2) is 0 Å². The number of carbonyl (C=O) groups excluding carboxylic acids is 1. The molecule has 12 N–H and O–H groups in total. The number of hydrogen-bond acceptors (Lipinski definition) is 22. The van der Waals surface area contributed by atoms with Crippen molar-refractivity contribution in [3.8, 4) is 40.1 Å². The Hall–Kier alpha value is -4.40. The fourth-order valence-corrected chi connectivity index (χ4v) is 6.58. The summed E-state index contributed by atoms with van der Waals surface area (Å²) in [4.78, 5) is 26.3. The number of aromatic hydroxyl groups is 3. The number of phenolic OH excluding ortho intramolecular Hbond substituents is 3. The molecule has 15 atom stereocenters. The molecule has 0 bridgehead atoms. The molecule has 0 aliphatic carbocycles. The van der Waals surface area contributed by atoms with Crippen LogP contribution in [0, 0.1) is 0 Å². The largest absolute Gasteiger partial charge is 0.507 e. The van der Waals surface area contributed by atoms with Gasteiger partial charge < -0.3 is 98.9 Å². The van der Waals surface area contributed by atoms with Crippen molar-refractivity contribution < 1.29 is 104 Å². The number of benzene rings is 2. The van der Waals surface area contributed by atoms with E-state index in [1.807, 2.05) is 0 Å². The first kappa shape index (κ1) is 42.2. The molecule has 22 nitrogen and oxygen atoms in total. The van der Waals surface area contributed by atoms with Crippen molar-refractivity contribution >= 4 is 16.9 Å². The van der Waals surface area contributed by atoms with Crippen LogP contribution in [0.25, 0.3) is 22.3 Å². The van der Waals surface area contributed by atoms with Gasteiger partial charge in [0.25, 0.3) is 0 Å². The van der Waals surface area contributed by atoms with Crippen molar-refractivity contribution in [2.45, 2.75) is 106 Å². The number of aliphatic hydroxyl groups is 9. The summed E-state index contributed by atoms with van der Waals surface area (Å²) in [6, 6.07) is 5.17. The van der Waals surface area contributed by atoms with E-state index in [1.54, 1.807) is 0 Å². The standard InChI is InChI=1S/C35H42O22/c1-10-21(42)25(46)28(49)33(50-10)52-13-6-16(41)20-17(7-13)53-29(12-3-4-14(39)15(40)5-12)30(24(20)45)56-35-32(27(48)23(44)19(9-37)55-35)57-34-31(51-11(2)38)26(47)22(43)18(8-36)54-34/h3-7,10,18-19,21-23,25-28,31-37,39-44,46-49H,8-9H2,1-2H3. The van der Waals surface area contributed by atoms with Crippen molar-refractivity contribution in [3.63, 3.8) is 0 Å². The van der Waals surface area contributed by atoms with Gasteiger partial charge in [0, 0.05) is 24.6 Å². The molecule has 3 aliphatic rings. The molecule has 2 aromatic carbocycles. The molecule has 0 radical (unpaired) electrons. The fraction of sp³-hybridized carbons (Fsp3) is 0.543. The maximum Gasteiger partial charge on any atom is 0.303 e. The fourth-order valence-electron chi connectivity index (χ4n) is 6.58. The maximum absolute atomic E-state index is 14.3. The molecule has 0 saturated carbocycles. The van der Waals surface area contributed by atoms with Crippen molar-refractivity contribution in [1.29, 1.82) is 0 Å². The number of carbonyl (C=O) groups is 1. The zero-order valence-electron chi connectivity index (χ0n) is 29.9. The van der Waals surface area contributed by atoms with Gasteiger partial charge in [-0.15, -0.1) is 0 Å². The highest BCUT2D eigenvalue weighted by molar-refractivity contribution is 5.88. The average molecular weight is 815 g/mol. The molecule has 4 heterocycles. The van der Waals surface area contributed by atoms with Gasteiger partial charge >= 0.3 is 5.97 Å². The Kier molecular flexibility index (Phi) is 12.5. The molecular weight excluding hydrogens is 772 g/mol. The van der Waals surface area contributed by atoms with Crippen LogP contribution in [0.3, 0.4) is 0 Å². The van der Waals surface area contributed by atoms with Crippen LogP contribution in [0.1, 0.15) is 13.8 Å². The lowest BCUT2D eigenvalue weighted by atomic mass is 9.97. The molecule has 22 heteroatoms. The second-order valence-corrected chi connectivity index (χ2v) is 13.6. The Morgan fingerprint density at radius 1 is 0.684 bits per heavy atom. The van der Waals surface area contributed by atoms with E-state index < -0.39 is 156 Å². The van der Waals surface area contributed by atoms with Gasteiger partial charge in [-0.1, -0.05) is 0 Å².